The van der Waals surface area contributed by atoms with Gasteiger partial charge in [0.15, 0.2) is 0 Å². The Balaban J connectivity index is 1.89. The predicted octanol–water partition coefficient (Wildman–Crippen LogP) is 6.39. The molecule has 2 atom stereocenters. The molecule has 2 amide bonds. The van der Waals surface area contributed by atoms with E-state index >= 15 is 0 Å². The summed E-state index contributed by atoms with van der Waals surface area (Å²) >= 11 is 6.25. The molecule has 3 rings (SSSR count). The Bertz CT molecular complexity index is 1110. The molecule has 0 unspecified atom stereocenters. The van der Waals surface area contributed by atoms with E-state index in [1.165, 1.54) is 5.56 Å². The monoisotopic (exact) mass is 504 g/mol. The molecule has 0 radical (unpaired) electrons. The van der Waals surface area contributed by atoms with Crippen molar-refractivity contribution in [3.8, 4) is 0 Å². The van der Waals surface area contributed by atoms with Gasteiger partial charge in [-0.05, 0) is 60.6 Å². The van der Waals surface area contributed by atoms with Crippen LogP contribution in [0, 0.1) is 0 Å². The van der Waals surface area contributed by atoms with Gasteiger partial charge >= 0.3 is 0 Å². The van der Waals surface area contributed by atoms with Crippen LogP contribution >= 0.6 is 11.6 Å². The zero-order chi connectivity index (χ0) is 25.9. The largest absolute Gasteiger partial charge is 0.352 e. The summed E-state index contributed by atoms with van der Waals surface area (Å²) in [5.41, 5.74) is 4.31. The average Bonchev–Trinajstić information content (AvgIpc) is 2.90. The van der Waals surface area contributed by atoms with Gasteiger partial charge < -0.3 is 10.2 Å². The second-order valence-corrected chi connectivity index (χ2v) is 9.78. The van der Waals surface area contributed by atoms with Gasteiger partial charge in [-0.3, -0.25) is 9.59 Å². The van der Waals surface area contributed by atoms with Crippen LogP contribution in [-0.2, 0) is 35.4 Å². The number of carbonyl (C=O) groups is 2. The highest BCUT2D eigenvalue weighted by atomic mass is 35.5. The molecule has 3 aromatic carbocycles. The number of hydrogen-bond donors (Lipinski definition) is 1. The molecule has 0 saturated heterocycles. The van der Waals surface area contributed by atoms with Crippen LogP contribution in [-0.4, -0.2) is 28.8 Å². The van der Waals surface area contributed by atoms with E-state index in [1.54, 1.807) is 4.90 Å². The quantitative estimate of drug-likeness (QED) is 0.310. The minimum atomic E-state index is -0.629. The summed E-state index contributed by atoms with van der Waals surface area (Å²) in [6.07, 6.45) is 3.20. The van der Waals surface area contributed by atoms with Gasteiger partial charge in [-0.2, -0.15) is 0 Å². The first kappa shape index (κ1) is 27.5. The molecule has 0 spiro atoms. The van der Waals surface area contributed by atoms with Crippen molar-refractivity contribution in [1.29, 1.82) is 0 Å². The molecular weight excluding hydrogens is 468 g/mol. The topological polar surface area (TPSA) is 49.4 Å². The Morgan fingerprint density at radius 3 is 2.17 bits per heavy atom. The van der Waals surface area contributed by atoms with Gasteiger partial charge in [0.2, 0.25) is 11.8 Å². The summed E-state index contributed by atoms with van der Waals surface area (Å²) in [5, 5.41) is 3.72. The van der Waals surface area contributed by atoms with E-state index in [1.807, 2.05) is 68.4 Å². The van der Waals surface area contributed by atoms with Gasteiger partial charge in [0.1, 0.15) is 6.04 Å². The smallest absolute Gasteiger partial charge is 0.243 e. The van der Waals surface area contributed by atoms with Crippen LogP contribution in [0.3, 0.4) is 0 Å². The normalized spacial score (nSPS) is 12.6. The van der Waals surface area contributed by atoms with E-state index in [4.69, 9.17) is 11.6 Å². The van der Waals surface area contributed by atoms with E-state index in [-0.39, 0.29) is 17.9 Å². The first-order valence-electron chi connectivity index (χ1n) is 12.9. The minimum absolute atomic E-state index is 0.0241. The van der Waals surface area contributed by atoms with Crippen molar-refractivity contribution in [1.82, 2.24) is 10.2 Å². The van der Waals surface area contributed by atoms with Gasteiger partial charge in [0.25, 0.3) is 0 Å². The van der Waals surface area contributed by atoms with E-state index < -0.39 is 6.04 Å². The lowest BCUT2D eigenvalue weighted by molar-refractivity contribution is -0.141. The average molecular weight is 505 g/mol. The van der Waals surface area contributed by atoms with Gasteiger partial charge in [0, 0.05) is 30.5 Å². The first-order valence-corrected chi connectivity index (χ1v) is 13.2. The van der Waals surface area contributed by atoms with Crippen molar-refractivity contribution in [2.75, 3.05) is 0 Å². The zero-order valence-electron chi connectivity index (χ0n) is 21.5. The van der Waals surface area contributed by atoms with Crippen molar-refractivity contribution in [2.45, 2.75) is 71.5 Å². The number of hydrogen-bond acceptors (Lipinski definition) is 2. The number of benzene rings is 3. The maximum atomic E-state index is 13.7. The summed E-state index contributed by atoms with van der Waals surface area (Å²) in [5.74, 6) is -0.175. The molecule has 36 heavy (non-hydrogen) atoms. The van der Waals surface area contributed by atoms with Crippen molar-refractivity contribution < 1.29 is 9.59 Å². The molecule has 3 aromatic rings. The molecule has 0 aliphatic carbocycles. The molecular formula is C31H37ClN2O2. The summed E-state index contributed by atoms with van der Waals surface area (Å²) in [7, 11) is 0. The molecule has 1 N–H and O–H groups in total. The number of amides is 2. The number of aryl methyl sites for hydroxylation is 2. The van der Waals surface area contributed by atoms with Crippen LogP contribution in [0.2, 0.25) is 5.02 Å². The second-order valence-electron chi connectivity index (χ2n) is 9.35. The molecule has 4 nitrogen and oxygen atoms in total. The Kier molecular flexibility index (Phi) is 10.6. The van der Waals surface area contributed by atoms with Gasteiger partial charge in [-0.15, -0.1) is 0 Å². The molecule has 5 heteroatoms. The van der Waals surface area contributed by atoms with E-state index in [2.05, 4.69) is 36.5 Å². The van der Waals surface area contributed by atoms with Crippen LogP contribution in [0.4, 0.5) is 0 Å². The SMILES string of the molecule is CCc1ccc(CCC(=O)N(Cc2cccc(Cl)c2)[C@@H](Cc2ccccc2)C(=O)N[C@@H](C)CC)cc1. The first-order chi connectivity index (χ1) is 17.4. The summed E-state index contributed by atoms with van der Waals surface area (Å²) in [6.45, 7) is 6.47. The molecule has 0 bridgehead atoms. The maximum absolute atomic E-state index is 13.7. The molecule has 0 aromatic heterocycles. The molecule has 0 heterocycles. The third kappa shape index (κ3) is 8.23. The predicted molar refractivity (Wildman–Crippen MR) is 148 cm³/mol. The number of halogens is 1. The summed E-state index contributed by atoms with van der Waals surface area (Å²) in [4.78, 5) is 29.0. The molecule has 0 aliphatic rings. The Hall–Kier alpha value is -3.11. The lowest BCUT2D eigenvalue weighted by Gasteiger charge is -2.32. The number of rotatable bonds is 12. The van der Waals surface area contributed by atoms with Gasteiger partial charge in [0.05, 0.1) is 0 Å². The van der Waals surface area contributed by atoms with Crippen molar-refractivity contribution in [3.05, 3.63) is 106 Å². The minimum Gasteiger partial charge on any atom is -0.352 e. The number of nitrogens with zero attached hydrogens (tertiary/aromatic N) is 1. The highest BCUT2D eigenvalue weighted by Crippen LogP contribution is 2.19. The fraction of sp³-hybridized carbons (Fsp3) is 0.355. The van der Waals surface area contributed by atoms with Crippen molar-refractivity contribution in [2.24, 2.45) is 0 Å². The number of nitrogens with one attached hydrogen (secondary N) is 1. The van der Waals surface area contributed by atoms with Crippen LogP contribution in [0.5, 0.6) is 0 Å². The molecule has 0 aliphatic heterocycles. The lowest BCUT2D eigenvalue weighted by Crippen LogP contribution is -2.52. The molecule has 0 fully saturated rings. The van der Waals surface area contributed by atoms with E-state index in [9.17, 15) is 9.59 Å². The van der Waals surface area contributed by atoms with Crippen LogP contribution in [0.25, 0.3) is 0 Å². The summed E-state index contributed by atoms with van der Waals surface area (Å²) in [6, 6.07) is 25.2. The molecule has 0 saturated carbocycles. The van der Waals surface area contributed by atoms with Crippen LogP contribution in [0.15, 0.2) is 78.9 Å². The van der Waals surface area contributed by atoms with Crippen LogP contribution in [0.1, 0.15) is 55.9 Å². The third-order valence-electron chi connectivity index (χ3n) is 6.57. The van der Waals surface area contributed by atoms with Crippen molar-refractivity contribution in [3.63, 3.8) is 0 Å². The van der Waals surface area contributed by atoms with Crippen molar-refractivity contribution >= 4 is 23.4 Å². The van der Waals surface area contributed by atoms with Gasteiger partial charge in [-0.25, -0.2) is 0 Å². The Morgan fingerprint density at radius 1 is 0.861 bits per heavy atom. The highest BCUT2D eigenvalue weighted by Gasteiger charge is 2.30. The standard InChI is InChI=1S/C31H37ClN2O2/c1-4-23(3)33-31(36)29(21-26-10-7-6-8-11-26)34(22-27-12-9-13-28(32)20-27)30(35)19-18-25-16-14-24(5-2)15-17-25/h6-17,20,23,29H,4-5,18-19,21-22H2,1-3H3,(H,33,36)/t23-,29-/m0/s1. The summed E-state index contributed by atoms with van der Waals surface area (Å²) < 4.78 is 0. The van der Waals surface area contributed by atoms with Crippen LogP contribution < -0.4 is 5.32 Å². The van der Waals surface area contributed by atoms with Gasteiger partial charge in [-0.1, -0.05) is 92.2 Å². The molecule has 190 valence electrons. The lowest BCUT2D eigenvalue weighted by atomic mass is 10.0. The maximum Gasteiger partial charge on any atom is 0.243 e. The second kappa shape index (κ2) is 13.8. The fourth-order valence-electron chi connectivity index (χ4n) is 4.16. The zero-order valence-corrected chi connectivity index (χ0v) is 22.3. The fourth-order valence-corrected chi connectivity index (χ4v) is 4.38. The third-order valence-corrected chi connectivity index (χ3v) is 6.81. The van der Waals surface area contributed by atoms with E-state index in [0.29, 0.717) is 30.8 Å². The Morgan fingerprint density at radius 2 is 1.53 bits per heavy atom. The highest BCUT2D eigenvalue weighted by molar-refractivity contribution is 6.30. The number of carbonyl (C=O) groups excluding carboxylic acids is 2. The Labute approximate surface area is 220 Å². The van der Waals surface area contributed by atoms with E-state index in [0.717, 1.165) is 29.5 Å².